The molecule has 0 bridgehead atoms. The second-order valence-electron chi connectivity index (χ2n) is 8.60. The third-order valence-corrected chi connectivity index (χ3v) is 5.96. The van der Waals surface area contributed by atoms with Gasteiger partial charge in [0, 0.05) is 44.5 Å². The van der Waals surface area contributed by atoms with Gasteiger partial charge < -0.3 is 10.0 Å². The Balaban J connectivity index is 1.46. The zero-order chi connectivity index (χ0) is 23.6. The number of hydrogen-bond donors (Lipinski definition) is 1. The predicted octanol–water partition coefficient (Wildman–Crippen LogP) is 4.76. The minimum atomic E-state index is -0.106. The Hall–Kier alpha value is -3.12. The van der Waals surface area contributed by atoms with Crippen LogP contribution >= 0.6 is 0 Å². The minimum Gasteiger partial charge on any atom is -0.507 e. The molecule has 0 fully saturated rings. The van der Waals surface area contributed by atoms with Gasteiger partial charge in [-0.1, -0.05) is 50.1 Å². The molecular weight excluding hydrogens is 412 g/mol. The molecule has 6 nitrogen and oxygen atoms in total. The van der Waals surface area contributed by atoms with Crippen molar-refractivity contribution in [1.29, 1.82) is 0 Å². The van der Waals surface area contributed by atoms with Gasteiger partial charge in [-0.15, -0.1) is 0 Å². The molecule has 0 saturated heterocycles. The molecule has 0 radical (unpaired) electrons. The van der Waals surface area contributed by atoms with E-state index in [4.69, 9.17) is 0 Å². The smallest absolute Gasteiger partial charge is 0.266 e. The van der Waals surface area contributed by atoms with E-state index in [-0.39, 0.29) is 11.3 Å². The predicted molar refractivity (Wildman–Crippen MR) is 136 cm³/mol. The summed E-state index contributed by atoms with van der Waals surface area (Å²) >= 11 is 0. The molecule has 1 aromatic heterocycles. The summed E-state index contributed by atoms with van der Waals surface area (Å²) in [5.41, 5.74) is 3.79. The number of aromatic hydroxyl groups is 1. The van der Waals surface area contributed by atoms with Crippen LogP contribution < -0.4 is 10.5 Å². The first-order valence-electron chi connectivity index (χ1n) is 11.8. The molecule has 0 aliphatic carbocycles. The van der Waals surface area contributed by atoms with Crippen LogP contribution in [0.1, 0.15) is 38.2 Å². The minimum absolute atomic E-state index is 0.106. The lowest BCUT2D eigenvalue weighted by atomic mass is 10.1. The van der Waals surface area contributed by atoms with Crippen molar-refractivity contribution in [2.45, 2.75) is 45.7 Å². The van der Waals surface area contributed by atoms with Crippen molar-refractivity contribution in [3.05, 3.63) is 76.6 Å². The molecule has 1 N–H and O–H groups in total. The van der Waals surface area contributed by atoms with Crippen LogP contribution in [0.5, 0.6) is 5.75 Å². The molecule has 2 aromatic carbocycles. The SMILES string of the molecule is CCN(CCCCCCn1nc(-c2ccccc2O)ccc1=O)Cc1ccccc1N(C)C. The summed E-state index contributed by atoms with van der Waals surface area (Å²) in [4.78, 5) is 16.9. The van der Waals surface area contributed by atoms with Crippen molar-refractivity contribution in [2.75, 3.05) is 32.1 Å². The quantitative estimate of drug-likeness (QED) is 0.405. The van der Waals surface area contributed by atoms with Gasteiger partial charge in [0.15, 0.2) is 0 Å². The fourth-order valence-electron chi connectivity index (χ4n) is 4.06. The number of benzene rings is 2. The van der Waals surface area contributed by atoms with E-state index >= 15 is 0 Å². The van der Waals surface area contributed by atoms with Gasteiger partial charge in [-0.25, -0.2) is 4.68 Å². The topological polar surface area (TPSA) is 61.6 Å². The highest BCUT2D eigenvalue weighted by atomic mass is 16.3. The van der Waals surface area contributed by atoms with Crippen LogP contribution in [0, 0.1) is 0 Å². The summed E-state index contributed by atoms with van der Waals surface area (Å²) in [7, 11) is 4.18. The van der Waals surface area contributed by atoms with Crippen molar-refractivity contribution in [3.63, 3.8) is 0 Å². The second-order valence-corrected chi connectivity index (χ2v) is 8.60. The zero-order valence-corrected chi connectivity index (χ0v) is 20.1. The highest BCUT2D eigenvalue weighted by Crippen LogP contribution is 2.26. The van der Waals surface area contributed by atoms with Gasteiger partial charge in [-0.3, -0.25) is 9.69 Å². The second kappa shape index (κ2) is 12.2. The normalized spacial score (nSPS) is 11.2. The average molecular weight is 449 g/mol. The molecule has 0 spiro atoms. The molecule has 0 atom stereocenters. The fraction of sp³-hybridized carbons (Fsp3) is 0.407. The highest BCUT2D eigenvalue weighted by molar-refractivity contribution is 5.65. The van der Waals surface area contributed by atoms with Crippen LogP contribution in [0.25, 0.3) is 11.3 Å². The third-order valence-electron chi connectivity index (χ3n) is 5.96. The molecule has 3 aromatic rings. The van der Waals surface area contributed by atoms with Crippen molar-refractivity contribution in [1.82, 2.24) is 14.7 Å². The van der Waals surface area contributed by atoms with Gasteiger partial charge in [0.05, 0.1) is 5.69 Å². The number of unbranched alkanes of at least 4 members (excludes halogenated alkanes) is 3. The number of aromatic nitrogens is 2. The van der Waals surface area contributed by atoms with Crippen LogP contribution in [-0.4, -0.2) is 47.0 Å². The van der Waals surface area contributed by atoms with E-state index in [1.807, 2.05) is 12.1 Å². The monoisotopic (exact) mass is 448 g/mol. The molecule has 1 heterocycles. The Morgan fingerprint density at radius 1 is 0.909 bits per heavy atom. The molecule has 3 rings (SSSR count). The number of para-hydroxylation sites is 2. The summed E-state index contributed by atoms with van der Waals surface area (Å²) in [6, 6.07) is 18.9. The number of phenolic OH excluding ortho intramolecular Hbond substituents is 1. The number of nitrogens with zero attached hydrogens (tertiary/aromatic N) is 4. The number of phenols is 1. The van der Waals surface area contributed by atoms with E-state index in [0.29, 0.717) is 17.8 Å². The fourth-order valence-corrected chi connectivity index (χ4v) is 4.06. The molecule has 0 amide bonds. The van der Waals surface area contributed by atoms with E-state index in [1.165, 1.54) is 22.0 Å². The van der Waals surface area contributed by atoms with Crippen molar-refractivity contribution in [2.24, 2.45) is 0 Å². The third kappa shape index (κ3) is 6.93. The van der Waals surface area contributed by atoms with Crippen LogP contribution in [0.3, 0.4) is 0 Å². The molecule has 33 heavy (non-hydrogen) atoms. The van der Waals surface area contributed by atoms with E-state index in [0.717, 1.165) is 45.3 Å². The van der Waals surface area contributed by atoms with Crippen LogP contribution in [0.2, 0.25) is 0 Å². The maximum absolute atomic E-state index is 12.2. The number of rotatable bonds is 12. The maximum Gasteiger partial charge on any atom is 0.266 e. The highest BCUT2D eigenvalue weighted by Gasteiger charge is 2.09. The van der Waals surface area contributed by atoms with E-state index in [9.17, 15) is 9.90 Å². The molecule has 176 valence electrons. The Kier molecular flexibility index (Phi) is 9.07. The number of hydrogen-bond acceptors (Lipinski definition) is 5. The van der Waals surface area contributed by atoms with E-state index in [1.54, 1.807) is 18.2 Å². The molecule has 0 aliphatic heterocycles. The van der Waals surface area contributed by atoms with E-state index in [2.05, 4.69) is 60.2 Å². The lowest BCUT2D eigenvalue weighted by molar-refractivity contribution is 0.272. The van der Waals surface area contributed by atoms with Crippen LogP contribution in [0.15, 0.2) is 65.5 Å². The molecule has 0 unspecified atom stereocenters. The molecule has 0 saturated carbocycles. The van der Waals surface area contributed by atoms with Crippen molar-refractivity contribution >= 4 is 5.69 Å². The van der Waals surface area contributed by atoms with Crippen molar-refractivity contribution in [3.8, 4) is 17.0 Å². The Morgan fingerprint density at radius 3 is 2.39 bits per heavy atom. The molecular formula is C27H36N4O2. The van der Waals surface area contributed by atoms with Gasteiger partial charge in [0.1, 0.15) is 5.75 Å². The Labute approximate surface area is 197 Å². The summed E-state index contributed by atoms with van der Waals surface area (Å²) in [5.74, 6) is 0.170. The lowest BCUT2D eigenvalue weighted by Crippen LogP contribution is -2.25. The largest absolute Gasteiger partial charge is 0.507 e. The summed E-state index contributed by atoms with van der Waals surface area (Å²) in [5, 5.41) is 14.5. The summed E-state index contributed by atoms with van der Waals surface area (Å²) in [6.07, 6.45) is 4.23. The lowest BCUT2D eigenvalue weighted by Gasteiger charge is -2.24. The van der Waals surface area contributed by atoms with E-state index < -0.39 is 0 Å². The average Bonchev–Trinajstić information content (AvgIpc) is 2.82. The van der Waals surface area contributed by atoms with Gasteiger partial charge in [-0.05, 0) is 55.8 Å². The first-order chi connectivity index (χ1) is 16.0. The van der Waals surface area contributed by atoms with Crippen LogP contribution in [0.4, 0.5) is 5.69 Å². The van der Waals surface area contributed by atoms with Gasteiger partial charge in [-0.2, -0.15) is 5.10 Å². The van der Waals surface area contributed by atoms with Gasteiger partial charge >= 0.3 is 0 Å². The molecule has 0 aliphatic rings. The van der Waals surface area contributed by atoms with Crippen molar-refractivity contribution < 1.29 is 5.11 Å². The van der Waals surface area contributed by atoms with Gasteiger partial charge in [0.2, 0.25) is 0 Å². The summed E-state index contributed by atoms with van der Waals surface area (Å²) in [6.45, 7) is 5.87. The van der Waals surface area contributed by atoms with Gasteiger partial charge in [0.25, 0.3) is 5.56 Å². The number of aryl methyl sites for hydroxylation is 1. The maximum atomic E-state index is 12.2. The zero-order valence-electron chi connectivity index (χ0n) is 20.1. The summed E-state index contributed by atoms with van der Waals surface area (Å²) < 4.78 is 1.51. The first-order valence-corrected chi connectivity index (χ1v) is 11.8. The molecule has 6 heteroatoms. The first kappa shape index (κ1) is 24.5. The standard InChI is InChI=1S/C27H36N4O2/c1-4-30(21-22-13-7-9-15-25(22)29(2)3)19-11-5-6-12-20-31-27(33)18-17-24(28-31)23-14-8-10-16-26(23)32/h7-10,13-18,32H,4-6,11-12,19-21H2,1-3H3. The number of anilines is 1. The van der Waals surface area contributed by atoms with Crippen LogP contribution in [-0.2, 0) is 13.1 Å². The Bertz CT molecular complexity index is 1080. The Morgan fingerprint density at radius 2 is 1.64 bits per heavy atom.